The first-order chi connectivity index (χ1) is 11.6. The van der Waals surface area contributed by atoms with Gasteiger partial charge >= 0.3 is 0 Å². The zero-order valence-corrected chi connectivity index (χ0v) is 13.9. The van der Waals surface area contributed by atoms with Gasteiger partial charge in [-0.3, -0.25) is 14.8 Å². The lowest BCUT2D eigenvalue weighted by molar-refractivity contribution is 0.148. The molecule has 1 saturated heterocycles. The maximum atomic E-state index is 12.1. The zero-order valence-electron chi connectivity index (χ0n) is 13.9. The molecule has 3 aromatic rings. The minimum Gasteiger partial charge on any atom is -0.297 e. The van der Waals surface area contributed by atoms with Crippen molar-refractivity contribution < 1.29 is 0 Å². The van der Waals surface area contributed by atoms with E-state index < -0.39 is 0 Å². The molecule has 1 aliphatic rings. The SMILES string of the molecule is C[C@@]1(c2ccccc2)CCCN(Cc2cc(=O)n3[nH]ccc3n2)C1. The van der Waals surface area contributed by atoms with E-state index in [0.717, 1.165) is 31.7 Å². The molecule has 5 nitrogen and oxygen atoms in total. The van der Waals surface area contributed by atoms with Crippen molar-refractivity contribution in [2.45, 2.75) is 31.7 Å². The minimum atomic E-state index is -0.0529. The van der Waals surface area contributed by atoms with E-state index >= 15 is 0 Å². The maximum absolute atomic E-state index is 12.1. The predicted molar refractivity (Wildman–Crippen MR) is 94.1 cm³/mol. The second-order valence-electron chi connectivity index (χ2n) is 6.98. The van der Waals surface area contributed by atoms with E-state index in [1.165, 1.54) is 16.5 Å². The third-order valence-corrected chi connectivity index (χ3v) is 5.07. The molecule has 0 radical (unpaired) electrons. The predicted octanol–water partition coefficient (Wildman–Crippen LogP) is 2.58. The van der Waals surface area contributed by atoms with Gasteiger partial charge in [0, 0.05) is 36.8 Å². The Balaban J connectivity index is 1.57. The van der Waals surface area contributed by atoms with E-state index in [2.05, 4.69) is 52.2 Å². The van der Waals surface area contributed by atoms with Gasteiger partial charge in [-0.05, 0) is 24.9 Å². The number of benzene rings is 1. The first kappa shape index (κ1) is 15.1. The summed E-state index contributed by atoms with van der Waals surface area (Å²) in [6.45, 7) is 5.10. The van der Waals surface area contributed by atoms with Crippen LogP contribution in [0.1, 0.15) is 31.0 Å². The number of piperidine rings is 1. The molecule has 0 aliphatic carbocycles. The summed E-state index contributed by atoms with van der Waals surface area (Å²) < 4.78 is 1.47. The number of H-pyrrole nitrogens is 1. The van der Waals surface area contributed by atoms with E-state index in [-0.39, 0.29) is 11.0 Å². The molecule has 1 aliphatic heterocycles. The molecule has 1 fully saturated rings. The van der Waals surface area contributed by atoms with Crippen molar-refractivity contribution in [2.75, 3.05) is 13.1 Å². The van der Waals surface area contributed by atoms with Crippen LogP contribution in [0.3, 0.4) is 0 Å². The smallest absolute Gasteiger partial charge is 0.272 e. The Kier molecular flexibility index (Phi) is 3.73. The number of fused-ring (bicyclic) bond motifs is 1. The Bertz CT molecular complexity index is 898. The molecular formula is C19H22N4O. The molecule has 4 rings (SSSR count). The van der Waals surface area contributed by atoms with Gasteiger partial charge in [0.25, 0.3) is 5.56 Å². The quantitative estimate of drug-likeness (QED) is 0.806. The fraction of sp³-hybridized carbons (Fsp3) is 0.368. The molecule has 24 heavy (non-hydrogen) atoms. The summed E-state index contributed by atoms with van der Waals surface area (Å²) in [5.41, 5.74) is 3.02. The van der Waals surface area contributed by atoms with Crippen LogP contribution in [0.25, 0.3) is 5.65 Å². The highest BCUT2D eigenvalue weighted by Crippen LogP contribution is 2.33. The lowest BCUT2D eigenvalue weighted by Crippen LogP contribution is -2.44. The molecule has 0 saturated carbocycles. The van der Waals surface area contributed by atoms with Gasteiger partial charge in [0.2, 0.25) is 0 Å². The monoisotopic (exact) mass is 322 g/mol. The van der Waals surface area contributed by atoms with Gasteiger partial charge in [-0.15, -0.1) is 0 Å². The molecule has 124 valence electrons. The number of hydrogen-bond donors (Lipinski definition) is 1. The van der Waals surface area contributed by atoms with Crippen molar-refractivity contribution in [3.8, 4) is 0 Å². The van der Waals surface area contributed by atoms with Gasteiger partial charge in [-0.25, -0.2) is 9.50 Å². The molecule has 0 spiro atoms. The van der Waals surface area contributed by atoms with Crippen LogP contribution in [0, 0.1) is 0 Å². The van der Waals surface area contributed by atoms with Gasteiger partial charge in [0.15, 0.2) is 5.65 Å². The third kappa shape index (κ3) is 2.76. The lowest BCUT2D eigenvalue weighted by Gasteiger charge is -2.41. The van der Waals surface area contributed by atoms with Crippen LogP contribution < -0.4 is 5.56 Å². The zero-order chi connectivity index (χ0) is 16.6. The number of aromatic nitrogens is 3. The third-order valence-electron chi connectivity index (χ3n) is 5.07. The Morgan fingerprint density at radius 2 is 2.08 bits per heavy atom. The largest absolute Gasteiger partial charge is 0.297 e. The number of aromatic amines is 1. The van der Waals surface area contributed by atoms with Crippen molar-refractivity contribution in [3.63, 3.8) is 0 Å². The standard InChI is InChI=1S/C19H22N4O/c1-19(15-6-3-2-4-7-15)9-5-11-22(14-19)13-16-12-18(24)23-17(21-16)8-10-20-23/h2-4,6-8,10,12,20H,5,9,11,13-14H2,1H3/t19-/m1/s1. The highest BCUT2D eigenvalue weighted by molar-refractivity contribution is 5.36. The summed E-state index contributed by atoms with van der Waals surface area (Å²) in [6, 6.07) is 14.2. The van der Waals surface area contributed by atoms with E-state index in [1.807, 2.05) is 6.07 Å². The minimum absolute atomic E-state index is 0.0529. The van der Waals surface area contributed by atoms with Gasteiger partial charge in [0.1, 0.15) is 0 Å². The molecular weight excluding hydrogens is 300 g/mol. The first-order valence-electron chi connectivity index (χ1n) is 8.48. The first-order valence-corrected chi connectivity index (χ1v) is 8.48. The number of nitrogens with one attached hydrogen (secondary N) is 1. The summed E-state index contributed by atoms with van der Waals surface area (Å²) in [5, 5.41) is 2.88. The summed E-state index contributed by atoms with van der Waals surface area (Å²) in [6.07, 6.45) is 4.10. The normalized spacial score (nSPS) is 22.0. The fourth-order valence-corrected chi connectivity index (χ4v) is 3.84. The van der Waals surface area contributed by atoms with Crippen molar-refractivity contribution in [3.05, 3.63) is 70.3 Å². The Morgan fingerprint density at radius 3 is 2.92 bits per heavy atom. The van der Waals surface area contributed by atoms with Crippen LogP contribution in [0.5, 0.6) is 0 Å². The average Bonchev–Trinajstić information content (AvgIpc) is 3.05. The van der Waals surface area contributed by atoms with Gasteiger partial charge in [-0.2, -0.15) is 0 Å². The summed E-state index contributed by atoms with van der Waals surface area (Å²) in [7, 11) is 0. The lowest BCUT2D eigenvalue weighted by atomic mass is 9.76. The molecule has 5 heteroatoms. The number of rotatable bonds is 3. The molecule has 1 N–H and O–H groups in total. The van der Waals surface area contributed by atoms with Crippen LogP contribution in [-0.2, 0) is 12.0 Å². The van der Waals surface area contributed by atoms with Gasteiger partial charge in [0.05, 0.1) is 5.69 Å². The highest BCUT2D eigenvalue weighted by Gasteiger charge is 2.32. The molecule has 2 aromatic heterocycles. The van der Waals surface area contributed by atoms with Crippen LogP contribution in [0.15, 0.2) is 53.5 Å². The molecule has 0 unspecified atom stereocenters. The van der Waals surface area contributed by atoms with E-state index in [0.29, 0.717) is 5.65 Å². The second kappa shape index (κ2) is 5.91. The highest BCUT2D eigenvalue weighted by atomic mass is 16.1. The Hall–Kier alpha value is -2.40. The van der Waals surface area contributed by atoms with Crippen molar-refractivity contribution in [1.29, 1.82) is 0 Å². The van der Waals surface area contributed by atoms with Crippen LogP contribution in [-0.4, -0.2) is 32.6 Å². The molecule has 1 atom stereocenters. The number of nitrogens with zero attached hydrogens (tertiary/aromatic N) is 3. The Labute approximate surface area is 140 Å². The molecule has 0 amide bonds. The van der Waals surface area contributed by atoms with Crippen molar-refractivity contribution in [2.24, 2.45) is 0 Å². The summed E-state index contributed by atoms with van der Waals surface area (Å²) in [5.74, 6) is 0. The van der Waals surface area contributed by atoms with Crippen molar-refractivity contribution in [1.82, 2.24) is 19.5 Å². The maximum Gasteiger partial charge on any atom is 0.272 e. The van der Waals surface area contributed by atoms with E-state index in [9.17, 15) is 4.79 Å². The van der Waals surface area contributed by atoms with Crippen LogP contribution in [0.4, 0.5) is 0 Å². The van der Waals surface area contributed by atoms with Gasteiger partial charge < -0.3 is 0 Å². The molecule has 0 bridgehead atoms. The van der Waals surface area contributed by atoms with E-state index in [4.69, 9.17) is 0 Å². The number of hydrogen-bond acceptors (Lipinski definition) is 3. The van der Waals surface area contributed by atoms with Crippen LogP contribution >= 0.6 is 0 Å². The Morgan fingerprint density at radius 1 is 1.25 bits per heavy atom. The number of likely N-dealkylation sites (tertiary alicyclic amines) is 1. The fourth-order valence-electron chi connectivity index (χ4n) is 3.84. The topological polar surface area (TPSA) is 53.4 Å². The van der Waals surface area contributed by atoms with Gasteiger partial charge in [-0.1, -0.05) is 37.3 Å². The second-order valence-corrected chi connectivity index (χ2v) is 6.98. The summed E-state index contributed by atoms with van der Waals surface area (Å²) >= 11 is 0. The molecule has 1 aromatic carbocycles. The summed E-state index contributed by atoms with van der Waals surface area (Å²) in [4.78, 5) is 19.1. The molecule has 3 heterocycles. The van der Waals surface area contributed by atoms with Crippen molar-refractivity contribution >= 4 is 5.65 Å². The van der Waals surface area contributed by atoms with Crippen LogP contribution in [0.2, 0.25) is 0 Å². The average molecular weight is 322 g/mol. The van der Waals surface area contributed by atoms with E-state index in [1.54, 1.807) is 12.3 Å².